The Morgan fingerprint density at radius 2 is 2.31 bits per heavy atom. The topological polar surface area (TPSA) is 33.9 Å². The fraction of sp³-hybridized carbons (Fsp3) is 0.333. The Bertz CT molecular complexity index is 476. The molecule has 0 radical (unpaired) electrons. The van der Waals surface area contributed by atoms with Gasteiger partial charge in [-0.2, -0.15) is 0 Å². The van der Waals surface area contributed by atoms with Crippen molar-refractivity contribution in [2.75, 3.05) is 18.6 Å². The summed E-state index contributed by atoms with van der Waals surface area (Å²) in [5, 5.41) is 0. The van der Waals surface area contributed by atoms with Crippen molar-refractivity contribution in [2.24, 2.45) is 5.92 Å². The van der Waals surface area contributed by atoms with E-state index in [-0.39, 0.29) is 11.8 Å². The van der Waals surface area contributed by atoms with Crippen molar-refractivity contribution in [3.63, 3.8) is 0 Å². The van der Waals surface area contributed by atoms with Crippen molar-refractivity contribution in [2.45, 2.75) is 6.92 Å². The van der Waals surface area contributed by atoms with Crippen LogP contribution in [0.15, 0.2) is 18.2 Å². The molecule has 4 heteroatoms. The highest BCUT2D eigenvalue weighted by Gasteiger charge is 2.25. The average Bonchev–Trinajstić information content (AvgIpc) is 2.42. The van der Waals surface area contributed by atoms with Crippen LogP contribution in [0.25, 0.3) is 4.85 Å². The second kappa shape index (κ2) is 3.86. The first kappa shape index (κ1) is 10.5. The SMILES string of the molecule is [C-]#[N+]c1ccc2c(c1)OC[C@H](C)C(=O)N2C. The predicted octanol–water partition coefficient (Wildman–Crippen LogP) is 2.23. The van der Waals surface area contributed by atoms with Crippen LogP contribution in [0.4, 0.5) is 11.4 Å². The minimum atomic E-state index is -0.159. The maximum Gasteiger partial charge on any atom is 0.233 e. The van der Waals surface area contributed by atoms with Gasteiger partial charge in [0.1, 0.15) is 5.75 Å². The maximum atomic E-state index is 11.8. The van der Waals surface area contributed by atoms with E-state index < -0.39 is 0 Å². The largest absolute Gasteiger partial charge is 0.492 e. The average molecular weight is 216 g/mol. The molecular weight excluding hydrogens is 204 g/mol. The monoisotopic (exact) mass is 216 g/mol. The molecule has 16 heavy (non-hydrogen) atoms. The van der Waals surface area contributed by atoms with Gasteiger partial charge in [0.15, 0.2) is 5.69 Å². The van der Waals surface area contributed by atoms with E-state index in [0.29, 0.717) is 18.0 Å². The normalized spacial score (nSPS) is 19.4. The van der Waals surface area contributed by atoms with Gasteiger partial charge in [-0.25, -0.2) is 4.85 Å². The van der Waals surface area contributed by atoms with Crippen molar-refractivity contribution in [3.8, 4) is 5.75 Å². The van der Waals surface area contributed by atoms with E-state index >= 15 is 0 Å². The van der Waals surface area contributed by atoms with Gasteiger partial charge in [0.05, 0.1) is 24.8 Å². The van der Waals surface area contributed by atoms with Gasteiger partial charge in [-0.15, -0.1) is 0 Å². The second-order valence-corrected chi connectivity index (χ2v) is 3.87. The van der Waals surface area contributed by atoms with Gasteiger partial charge >= 0.3 is 0 Å². The number of anilines is 1. The molecule has 0 fully saturated rings. The molecule has 0 aromatic heterocycles. The standard InChI is InChI=1S/C12H12N2O2/c1-8-7-16-11-6-9(13-2)4-5-10(11)14(3)12(8)15/h4-6,8H,7H2,1,3H3/t8-/m0/s1. The van der Waals surface area contributed by atoms with Crippen LogP contribution in [0, 0.1) is 12.5 Å². The zero-order chi connectivity index (χ0) is 11.7. The number of carbonyl (C=O) groups is 1. The number of amides is 1. The highest BCUT2D eigenvalue weighted by molar-refractivity contribution is 5.96. The highest BCUT2D eigenvalue weighted by atomic mass is 16.5. The fourth-order valence-corrected chi connectivity index (χ4v) is 1.70. The van der Waals surface area contributed by atoms with Crippen LogP contribution in [-0.2, 0) is 4.79 Å². The molecule has 1 amide bonds. The molecule has 1 aliphatic rings. The number of hydrogen-bond donors (Lipinski definition) is 0. The molecule has 1 aromatic rings. The summed E-state index contributed by atoms with van der Waals surface area (Å²) >= 11 is 0. The van der Waals surface area contributed by atoms with Crippen molar-refractivity contribution >= 4 is 17.3 Å². The summed E-state index contributed by atoms with van der Waals surface area (Å²) in [5.41, 5.74) is 1.25. The van der Waals surface area contributed by atoms with E-state index in [9.17, 15) is 4.79 Å². The summed E-state index contributed by atoms with van der Waals surface area (Å²) in [6.45, 7) is 9.13. The lowest BCUT2D eigenvalue weighted by Gasteiger charge is -2.17. The summed E-state index contributed by atoms with van der Waals surface area (Å²) in [6, 6.07) is 5.11. The molecule has 2 rings (SSSR count). The molecule has 1 atom stereocenters. The van der Waals surface area contributed by atoms with E-state index in [0.717, 1.165) is 5.69 Å². The molecule has 1 aromatic carbocycles. The first-order chi connectivity index (χ1) is 7.63. The molecular formula is C12H12N2O2. The molecule has 0 saturated carbocycles. The quantitative estimate of drug-likeness (QED) is 0.623. The number of carbonyl (C=O) groups excluding carboxylic acids is 1. The van der Waals surface area contributed by atoms with Gasteiger partial charge in [-0.05, 0) is 12.1 Å². The molecule has 0 N–H and O–H groups in total. The Morgan fingerprint density at radius 1 is 1.56 bits per heavy atom. The Morgan fingerprint density at radius 3 is 3.00 bits per heavy atom. The number of fused-ring (bicyclic) bond motifs is 1. The predicted molar refractivity (Wildman–Crippen MR) is 60.8 cm³/mol. The van der Waals surface area contributed by atoms with Gasteiger partial charge in [-0.1, -0.05) is 13.0 Å². The van der Waals surface area contributed by atoms with Crippen LogP contribution in [0.3, 0.4) is 0 Å². The van der Waals surface area contributed by atoms with Crippen molar-refractivity contribution in [1.29, 1.82) is 0 Å². The van der Waals surface area contributed by atoms with Gasteiger partial charge in [0, 0.05) is 7.05 Å². The Balaban J connectivity index is 2.48. The summed E-state index contributed by atoms with van der Waals surface area (Å²) in [4.78, 5) is 16.8. The van der Waals surface area contributed by atoms with Gasteiger partial charge in [0.25, 0.3) is 0 Å². The number of hydrogen-bond acceptors (Lipinski definition) is 2. The summed E-state index contributed by atoms with van der Waals surface area (Å²) in [7, 11) is 1.73. The van der Waals surface area contributed by atoms with E-state index in [1.165, 1.54) is 0 Å². The molecule has 1 aliphatic heterocycles. The third kappa shape index (κ3) is 1.61. The first-order valence-corrected chi connectivity index (χ1v) is 5.05. The minimum Gasteiger partial charge on any atom is -0.492 e. The van der Waals surface area contributed by atoms with E-state index in [2.05, 4.69) is 4.85 Å². The molecule has 0 aliphatic carbocycles. The number of rotatable bonds is 0. The minimum absolute atomic E-state index is 0.0364. The Hall–Kier alpha value is -2.02. The van der Waals surface area contributed by atoms with Crippen LogP contribution in [0.5, 0.6) is 5.75 Å². The highest BCUT2D eigenvalue weighted by Crippen LogP contribution is 2.34. The van der Waals surface area contributed by atoms with Crippen molar-refractivity contribution in [1.82, 2.24) is 0 Å². The van der Waals surface area contributed by atoms with Crippen molar-refractivity contribution < 1.29 is 9.53 Å². The molecule has 0 spiro atoms. The van der Waals surface area contributed by atoms with Crippen molar-refractivity contribution in [3.05, 3.63) is 29.6 Å². The summed E-state index contributed by atoms with van der Waals surface area (Å²) in [6.07, 6.45) is 0. The lowest BCUT2D eigenvalue weighted by molar-refractivity contribution is -0.122. The molecule has 0 saturated heterocycles. The molecule has 82 valence electrons. The molecule has 0 bridgehead atoms. The Labute approximate surface area is 94.3 Å². The molecule has 4 nitrogen and oxygen atoms in total. The Kier molecular flexibility index (Phi) is 2.53. The molecule has 1 heterocycles. The fourth-order valence-electron chi connectivity index (χ4n) is 1.70. The second-order valence-electron chi connectivity index (χ2n) is 3.87. The van der Waals surface area contributed by atoms with Crippen LogP contribution in [-0.4, -0.2) is 19.6 Å². The van der Waals surface area contributed by atoms with E-state index in [1.807, 2.05) is 6.92 Å². The number of benzene rings is 1. The molecule has 0 unspecified atom stereocenters. The van der Waals surface area contributed by atoms with E-state index in [1.54, 1.807) is 30.1 Å². The maximum absolute atomic E-state index is 11.8. The van der Waals surface area contributed by atoms with E-state index in [4.69, 9.17) is 11.3 Å². The third-order valence-corrected chi connectivity index (χ3v) is 2.67. The van der Waals surface area contributed by atoms with Gasteiger partial charge in [0.2, 0.25) is 5.91 Å². The summed E-state index contributed by atoms with van der Waals surface area (Å²) < 4.78 is 5.54. The van der Waals surface area contributed by atoms with Crippen LogP contribution >= 0.6 is 0 Å². The van der Waals surface area contributed by atoms with Crippen LogP contribution in [0.1, 0.15) is 6.92 Å². The lowest BCUT2D eigenvalue weighted by atomic mass is 10.1. The lowest BCUT2D eigenvalue weighted by Crippen LogP contribution is -2.31. The smallest absolute Gasteiger partial charge is 0.233 e. The van der Waals surface area contributed by atoms with Crippen LogP contribution in [0.2, 0.25) is 0 Å². The third-order valence-electron chi connectivity index (χ3n) is 2.67. The number of nitrogens with zero attached hydrogens (tertiary/aromatic N) is 2. The first-order valence-electron chi connectivity index (χ1n) is 5.05. The zero-order valence-corrected chi connectivity index (χ0v) is 9.23. The van der Waals surface area contributed by atoms with Gasteiger partial charge < -0.3 is 9.64 Å². The summed E-state index contributed by atoms with van der Waals surface area (Å²) in [5.74, 6) is 0.483. The van der Waals surface area contributed by atoms with Gasteiger partial charge in [-0.3, -0.25) is 4.79 Å². The van der Waals surface area contributed by atoms with Crippen LogP contribution < -0.4 is 9.64 Å². The zero-order valence-electron chi connectivity index (χ0n) is 9.23. The number of ether oxygens (including phenoxy) is 1.